The third-order valence-corrected chi connectivity index (χ3v) is 3.32. The van der Waals surface area contributed by atoms with Crippen LogP contribution in [0.1, 0.15) is 17.7 Å². The summed E-state index contributed by atoms with van der Waals surface area (Å²) in [4.78, 5) is 23.4. The fourth-order valence-electron chi connectivity index (χ4n) is 1.61. The van der Waals surface area contributed by atoms with Gasteiger partial charge in [-0.05, 0) is 24.3 Å². The van der Waals surface area contributed by atoms with Crippen LogP contribution in [0.3, 0.4) is 0 Å². The summed E-state index contributed by atoms with van der Waals surface area (Å²) < 4.78 is 0. The highest BCUT2D eigenvalue weighted by Gasteiger charge is 2.29. The lowest BCUT2D eigenvalue weighted by molar-refractivity contribution is -0.125. The number of aryl methyl sites for hydroxylation is 1. The van der Waals surface area contributed by atoms with Crippen molar-refractivity contribution in [3.05, 3.63) is 22.4 Å². The summed E-state index contributed by atoms with van der Waals surface area (Å²) in [6.45, 7) is 0. The average molecular weight is 209 g/mol. The zero-order chi connectivity index (χ0) is 9.97. The predicted molar refractivity (Wildman–Crippen MR) is 53.9 cm³/mol. The number of carbonyl (C=O) groups excluding carboxylic acids is 2. The summed E-state index contributed by atoms with van der Waals surface area (Å²) in [7, 11) is 0. The summed E-state index contributed by atoms with van der Waals surface area (Å²) in [6, 6.07) is 4.05. The zero-order valence-electron chi connectivity index (χ0n) is 7.66. The first-order valence-electron chi connectivity index (χ1n) is 4.62. The second-order valence-electron chi connectivity index (χ2n) is 3.43. The summed E-state index contributed by atoms with van der Waals surface area (Å²) in [5.41, 5.74) is 0. The quantitative estimate of drug-likeness (QED) is 0.764. The molecular formula is C10H11NO2S. The lowest BCUT2D eigenvalue weighted by Crippen LogP contribution is -2.22. The first-order chi connectivity index (χ1) is 6.75. The van der Waals surface area contributed by atoms with E-state index in [1.807, 2.05) is 11.4 Å². The molecule has 0 aromatic carbocycles. The Labute approximate surface area is 86.1 Å². The number of rotatable bonds is 3. The van der Waals surface area contributed by atoms with Gasteiger partial charge in [0, 0.05) is 17.2 Å². The molecule has 1 N–H and O–H groups in total. The maximum absolute atomic E-state index is 11.2. The van der Waals surface area contributed by atoms with E-state index in [-0.39, 0.29) is 17.7 Å². The molecule has 2 rings (SSSR count). The SMILES string of the molecule is O=C1CC(CCc2cccs2)C(=O)N1. The van der Waals surface area contributed by atoms with E-state index in [0.717, 1.165) is 12.8 Å². The Hall–Kier alpha value is -1.16. The first kappa shape index (κ1) is 9.40. The van der Waals surface area contributed by atoms with Crippen LogP contribution in [-0.2, 0) is 16.0 Å². The zero-order valence-corrected chi connectivity index (χ0v) is 8.47. The van der Waals surface area contributed by atoms with Crippen molar-refractivity contribution in [1.29, 1.82) is 0 Å². The van der Waals surface area contributed by atoms with Gasteiger partial charge in [0.25, 0.3) is 0 Å². The van der Waals surface area contributed by atoms with Gasteiger partial charge < -0.3 is 0 Å². The molecule has 1 aliphatic heterocycles. The highest BCUT2D eigenvalue weighted by molar-refractivity contribution is 7.09. The summed E-state index contributed by atoms with van der Waals surface area (Å²) in [6.07, 6.45) is 2.03. The number of amides is 2. The van der Waals surface area contributed by atoms with Crippen molar-refractivity contribution >= 4 is 23.2 Å². The molecule has 2 heterocycles. The molecule has 14 heavy (non-hydrogen) atoms. The van der Waals surface area contributed by atoms with Gasteiger partial charge in [0.15, 0.2) is 0 Å². The van der Waals surface area contributed by atoms with Crippen LogP contribution in [0.15, 0.2) is 17.5 Å². The van der Waals surface area contributed by atoms with Crippen LogP contribution in [0.4, 0.5) is 0 Å². The number of nitrogens with one attached hydrogen (secondary N) is 1. The Morgan fingerprint density at radius 1 is 1.50 bits per heavy atom. The number of carbonyl (C=O) groups is 2. The molecule has 1 unspecified atom stereocenters. The second-order valence-corrected chi connectivity index (χ2v) is 4.46. The van der Waals surface area contributed by atoms with Crippen molar-refractivity contribution in [1.82, 2.24) is 5.32 Å². The van der Waals surface area contributed by atoms with E-state index >= 15 is 0 Å². The molecule has 2 amide bonds. The molecule has 0 radical (unpaired) electrons. The van der Waals surface area contributed by atoms with Crippen LogP contribution in [0.25, 0.3) is 0 Å². The molecule has 0 bridgehead atoms. The molecule has 4 heteroatoms. The van der Waals surface area contributed by atoms with Crippen LogP contribution >= 0.6 is 11.3 Å². The minimum atomic E-state index is -0.133. The third kappa shape index (κ3) is 2.01. The smallest absolute Gasteiger partial charge is 0.230 e. The van der Waals surface area contributed by atoms with Crippen LogP contribution in [-0.4, -0.2) is 11.8 Å². The topological polar surface area (TPSA) is 46.2 Å². The van der Waals surface area contributed by atoms with E-state index in [2.05, 4.69) is 11.4 Å². The summed E-state index contributed by atoms with van der Waals surface area (Å²) >= 11 is 1.69. The van der Waals surface area contributed by atoms with E-state index in [0.29, 0.717) is 6.42 Å². The summed E-state index contributed by atoms with van der Waals surface area (Å²) in [5, 5.41) is 4.35. The average Bonchev–Trinajstić information content (AvgIpc) is 2.72. The van der Waals surface area contributed by atoms with E-state index in [4.69, 9.17) is 0 Å². The molecule has 0 aliphatic carbocycles. The minimum Gasteiger partial charge on any atom is -0.296 e. The van der Waals surface area contributed by atoms with Crippen molar-refractivity contribution in [2.75, 3.05) is 0 Å². The van der Waals surface area contributed by atoms with E-state index in [1.165, 1.54) is 4.88 Å². The Kier molecular flexibility index (Phi) is 2.63. The van der Waals surface area contributed by atoms with Gasteiger partial charge in [0.2, 0.25) is 11.8 Å². The molecule has 0 spiro atoms. The molecular weight excluding hydrogens is 198 g/mol. The van der Waals surface area contributed by atoms with Crippen molar-refractivity contribution in [2.24, 2.45) is 5.92 Å². The minimum absolute atomic E-state index is 0.105. The van der Waals surface area contributed by atoms with E-state index < -0.39 is 0 Å². The highest BCUT2D eigenvalue weighted by Crippen LogP contribution is 2.19. The lowest BCUT2D eigenvalue weighted by atomic mass is 10.0. The second kappa shape index (κ2) is 3.92. The fraction of sp³-hybridized carbons (Fsp3) is 0.400. The van der Waals surface area contributed by atoms with Crippen molar-refractivity contribution in [2.45, 2.75) is 19.3 Å². The molecule has 0 saturated carbocycles. The Balaban J connectivity index is 1.87. The largest absolute Gasteiger partial charge is 0.296 e. The van der Waals surface area contributed by atoms with Gasteiger partial charge in [-0.2, -0.15) is 0 Å². The van der Waals surface area contributed by atoms with Gasteiger partial charge in [-0.3, -0.25) is 14.9 Å². The van der Waals surface area contributed by atoms with E-state index in [9.17, 15) is 9.59 Å². The maximum Gasteiger partial charge on any atom is 0.230 e. The van der Waals surface area contributed by atoms with Crippen LogP contribution in [0.5, 0.6) is 0 Å². The number of thiophene rings is 1. The summed E-state index contributed by atoms with van der Waals surface area (Å²) in [5.74, 6) is -0.345. The molecule has 1 fully saturated rings. The molecule has 1 aromatic heterocycles. The molecule has 1 aromatic rings. The number of hydrogen-bond donors (Lipinski definition) is 1. The standard InChI is InChI=1S/C10H11NO2S/c12-9-6-7(10(13)11-9)3-4-8-2-1-5-14-8/h1-2,5,7H,3-4,6H2,(H,11,12,13). The Morgan fingerprint density at radius 3 is 2.93 bits per heavy atom. The lowest BCUT2D eigenvalue weighted by Gasteiger charge is -2.02. The molecule has 3 nitrogen and oxygen atoms in total. The fourth-order valence-corrected chi connectivity index (χ4v) is 2.34. The predicted octanol–water partition coefficient (Wildman–Crippen LogP) is 1.34. The van der Waals surface area contributed by atoms with Crippen LogP contribution < -0.4 is 5.32 Å². The number of imide groups is 1. The van der Waals surface area contributed by atoms with Gasteiger partial charge >= 0.3 is 0 Å². The Morgan fingerprint density at radius 2 is 2.36 bits per heavy atom. The Bertz CT molecular complexity index is 345. The normalized spacial score (nSPS) is 21.3. The van der Waals surface area contributed by atoms with Crippen LogP contribution in [0.2, 0.25) is 0 Å². The molecule has 1 saturated heterocycles. The monoisotopic (exact) mass is 209 g/mol. The van der Waals surface area contributed by atoms with Crippen LogP contribution in [0, 0.1) is 5.92 Å². The molecule has 1 aliphatic rings. The third-order valence-electron chi connectivity index (χ3n) is 2.38. The maximum atomic E-state index is 11.2. The molecule has 1 atom stereocenters. The first-order valence-corrected chi connectivity index (χ1v) is 5.50. The van der Waals surface area contributed by atoms with Gasteiger partial charge in [-0.15, -0.1) is 11.3 Å². The van der Waals surface area contributed by atoms with Crippen molar-refractivity contribution < 1.29 is 9.59 Å². The van der Waals surface area contributed by atoms with Gasteiger partial charge in [-0.25, -0.2) is 0 Å². The van der Waals surface area contributed by atoms with Gasteiger partial charge in [0.1, 0.15) is 0 Å². The molecule has 74 valence electrons. The van der Waals surface area contributed by atoms with E-state index in [1.54, 1.807) is 11.3 Å². The van der Waals surface area contributed by atoms with Gasteiger partial charge in [0.05, 0.1) is 0 Å². The number of hydrogen-bond acceptors (Lipinski definition) is 3. The highest BCUT2D eigenvalue weighted by atomic mass is 32.1. The van der Waals surface area contributed by atoms with Gasteiger partial charge in [-0.1, -0.05) is 6.07 Å². The van der Waals surface area contributed by atoms with Crippen molar-refractivity contribution in [3.8, 4) is 0 Å². The van der Waals surface area contributed by atoms with Crippen molar-refractivity contribution in [3.63, 3.8) is 0 Å².